The highest BCUT2D eigenvalue weighted by molar-refractivity contribution is 5.90. The van der Waals surface area contributed by atoms with Crippen molar-refractivity contribution in [3.05, 3.63) is 30.1 Å². The lowest BCUT2D eigenvalue weighted by atomic mass is 9.96. The number of nitrogens with one attached hydrogen (secondary N) is 1. The summed E-state index contributed by atoms with van der Waals surface area (Å²) in [5, 5.41) is 4.24. The minimum atomic E-state index is 0.0304. The largest absolute Gasteiger partial charge is 0.355 e. The van der Waals surface area contributed by atoms with Crippen LogP contribution in [-0.4, -0.2) is 35.0 Å². The highest BCUT2D eigenvalue weighted by atomic mass is 16.2. The molecule has 2 heterocycles. The number of rotatable bonds is 5. The molecule has 2 aromatic rings. The summed E-state index contributed by atoms with van der Waals surface area (Å²) in [4.78, 5) is 23.8. The highest BCUT2D eigenvalue weighted by Gasteiger charge is 2.28. The first-order valence-corrected chi connectivity index (χ1v) is 9.35. The number of fused-ring (bicyclic) bond motifs is 1. The number of amides is 1. The summed E-state index contributed by atoms with van der Waals surface area (Å²) in [6.45, 7) is 7.98. The van der Waals surface area contributed by atoms with Crippen LogP contribution >= 0.6 is 0 Å². The van der Waals surface area contributed by atoms with E-state index in [1.807, 2.05) is 6.07 Å². The molecule has 1 aromatic heterocycles. The number of piperidine rings is 1. The third kappa shape index (κ3) is 4.09. The average Bonchev–Trinajstić information content (AvgIpc) is 2.61. The molecule has 1 aliphatic rings. The average molecular weight is 340 g/mol. The van der Waals surface area contributed by atoms with E-state index in [4.69, 9.17) is 0 Å². The fraction of sp³-hybridized carbons (Fsp3) is 0.550. The zero-order chi connectivity index (χ0) is 17.8. The van der Waals surface area contributed by atoms with Gasteiger partial charge in [0.2, 0.25) is 5.91 Å². The second kappa shape index (κ2) is 7.81. The van der Waals surface area contributed by atoms with Gasteiger partial charge in [-0.15, -0.1) is 0 Å². The predicted octanol–water partition coefficient (Wildman–Crippen LogP) is 3.46. The lowest BCUT2D eigenvalue weighted by molar-refractivity contribution is -0.125. The number of hydrogen-bond acceptors (Lipinski definition) is 4. The molecule has 0 saturated carbocycles. The Labute approximate surface area is 149 Å². The van der Waals surface area contributed by atoms with Crippen LogP contribution in [0.2, 0.25) is 0 Å². The smallest absolute Gasteiger partial charge is 0.225 e. The topological polar surface area (TPSA) is 58.1 Å². The Balaban J connectivity index is 1.78. The Hall–Kier alpha value is -2.17. The summed E-state index contributed by atoms with van der Waals surface area (Å²) >= 11 is 0. The van der Waals surface area contributed by atoms with Crippen molar-refractivity contribution in [2.24, 2.45) is 5.92 Å². The number of nitrogens with zero attached hydrogens (tertiary/aromatic N) is 3. The van der Waals surface area contributed by atoms with Crippen LogP contribution in [0.25, 0.3) is 10.9 Å². The van der Waals surface area contributed by atoms with Crippen molar-refractivity contribution in [1.82, 2.24) is 15.3 Å². The fourth-order valence-corrected chi connectivity index (χ4v) is 3.66. The summed E-state index contributed by atoms with van der Waals surface area (Å²) in [6, 6.07) is 6.49. The molecule has 2 unspecified atom stereocenters. The molecular weight excluding hydrogens is 312 g/mol. The molecule has 1 aliphatic heterocycles. The van der Waals surface area contributed by atoms with Crippen molar-refractivity contribution in [1.29, 1.82) is 0 Å². The molecular formula is C20H28N4O. The van der Waals surface area contributed by atoms with Gasteiger partial charge in [-0.2, -0.15) is 0 Å². The molecule has 0 spiro atoms. The number of aromatic nitrogens is 2. The minimum absolute atomic E-state index is 0.0304. The van der Waals surface area contributed by atoms with Gasteiger partial charge >= 0.3 is 0 Å². The van der Waals surface area contributed by atoms with Gasteiger partial charge < -0.3 is 10.2 Å². The van der Waals surface area contributed by atoms with Gasteiger partial charge in [0.05, 0.1) is 11.4 Å². The monoisotopic (exact) mass is 340 g/mol. The van der Waals surface area contributed by atoms with E-state index < -0.39 is 0 Å². The van der Waals surface area contributed by atoms with E-state index in [1.165, 1.54) is 5.56 Å². The molecule has 0 radical (unpaired) electrons. The molecule has 134 valence electrons. The molecule has 1 fully saturated rings. The number of hydrogen-bond donors (Lipinski definition) is 1. The van der Waals surface area contributed by atoms with Gasteiger partial charge in [-0.3, -0.25) is 4.79 Å². The molecule has 2 atom stereocenters. The summed E-state index contributed by atoms with van der Waals surface area (Å²) in [6.07, 6.45) is 5.70. The SMILES string of the molecule is CCCC(C)NC(=O)C1CCCN(c2ncnc3ccc(C)cc23)C1. The van der Waals surface area contributed by atoms with Crippen LogP contribution in [0.4, 0.5) is 5.82 Å². The van der Waals surface area contributed by atoms with E-state index in [0.29, 0.717) is 0 Å². The second-order valence-corrected chi connectivity index (χ2v) is 7.20. The van der Waals surface area contributed by atoms with E-state index >= 15 is 0 Å². The van der Waals surface area contributed by atoms with Gasteiger partial charge in [-0.05, 0) is 45.2 Å². The summed E-state index contributed by atoms with van der Waals surface area (Å²) in [5.74, 6) is 1.16. The van der Waals surface area contributed by atoms with Crippen LogP contribution in [0.3, 0.4) is 0 Å². The van der Waals surface area contributed by atoms with E-state index in [9.17, 15) is 4.79 Å². The van der Waals surface area contributed by atoms with Crippen molar-refractivity contribution < 1.29 is 4.79 Å². The first kappa shape index (κ1) is 17.6. The van der Waals surface area contributed by atoms with Crippen molar-refractivity contribution in [3.63, 3.8) is 0 Å². The third-order valence-corrected chi connectivity index (χ3v) is 4.97. The van der Waals surface area contributed by atoms with E-state index in [0.717, 1.165) is 55.5 Å². The molecule has 1 N–H and O–H groups in total. The van der Waals surface area contributed by atoms with Gasteiger partial charge in [0.25, 0.3) is 0 Å². The Morgan fingerprint density at radius 3 is 3.04 bits per heavy atom. The van der Waals surface area contributed by atoms with Crippen LogP contribution < -0.4 is 10.2 Å². The Morgan fingerprint density at radius 2 is 2.24 bits per heavy atom. The third-order valence-electron chi connectivity index (χ3n) is 4.97. The van der Waals surface area contributed by atoms with Crippen molar-refractivity contribution >= 4 is 22.6 Å². The van der Waals surface area contributed by atoms with E-state index in [-0.39, 0.29) is 17.9 Å². The maximum Gasteiger partial charge on any atom is 0.225 e. The van der Waals surface area contributed by atoms with Crippen molar-refractivity contribution in [2.75, 3.05) is 18.0 Å². The standard InChI is InChI=1S/C20H28N4O/c1-4-6-15(3)23-20(25)16-7-5-10-24(12-16)19-17-11-14(2)8-9-18(17)21-13-22-19/h8-9,11,13,15-16H,4-7,10,12H2,1-3H3,(H,23,25). The molecule has 25 heavy (non-hydrogen) atoms. The molecule has 3 rings (SSSR count). The van der Waals surface area contributed by atoms with E-state index in [2.05, 4.69) is 53.1 Å². The van der Waals surface area contributed by atoms with Crippen molar-refractivity contribution in [2.45, 2.75) is 52.5 Å². The first-order chi connectivity index (χ1) is 12.1. The summed E-state index contributed by atoms with van der Waals surface area (Å²) < 4.78 is 0. The minimum Gasteiger partial charge on any atom is -0.355 e. The highest BCUT2D eigenvalue weighted by Crippen LogP contribution is 2.28. The number of carbonyl (C=O) groups is 1. The van der Waals surface area contributed by atoms with Gasteiger partial charge in [0, 0.05) is 24.5 Å². The van der Waals surface area contributed by atoms with Gasteiger partial charge in [-0.25, -0.2) is 9.97 Å². The molecule has 1 saturated heterocycles. The summed E-state index contributed by atoms with van der Waals surface area (Å²) in [5.41, 5.74) is 2.15. The van der Waals surface area contributed by atoms with Crippen LogP contribution in [0.1, 0.15) is 45.1 Å². The molecule has 5 nitrogen and oxygen atoms in total. The lowest BCUT2D eigenvalue weighted by Gasteiger charge is -2.34. The Bertz CT molecular complexity index is 746. The predicted molar refractivity (Wildman–Crippen MR) is 102 cm³/mol. The quantitative estimate of drug-likeness (QED) is 0.905. The van der Waals surface area contributed by atoms with Gasteiger partial charge in [-0.1, -0.05) is 25.0 Å². The molecule has 0 aliphatic carbocycles. The van der Waals surface area contributed by atoms with Crippen LogP contribution in [-0.2, 0) is 4.79 Å². The Kier molecular flexibility index (Phi) is 5.51. The number of carbonyl (C=O) groups excluding carboxylic acids is 1. The van der Waals surface area contributed by atoms with Crippen LogP contribution in [0.5, 0.6) is 0 Å². The number of benzene rings is 1. The zero-order valence-electron chi connectivity index (χ0n) is 15.5. The molecule has 0 bridgehead atoms. The normalized spacial score (nSPS) is 19.0. The van der Waals surface area contributed by atoms with Crippen LogP contribution in [0, 0.1) is 12.8 Å². The molecule has 5 heteroatoms. The van der Waals surface area contributed by atoms with Crippen molar-refractivity contribution in [3.8, 4) is 0 Å². The van der Waals surface area contributed by atoms with Gasteiger partial charge in [0.1, 0.15) is 12.1 Å². The van der Waals surface area contributed by atoms with E-state index in [1.54, 1.807) is 6.33 Å². The zero-order valence-corrected chi connectivity index (χ0v) is 15.5. The number of aryl methyl sites for hydroxylation is 1. The van der Waals surface area contributed by atoms with Gasteiger partial charge in [0.15, 0.2) is 0 Å². The maximum absolute atomic E-state index is 12.6. The summed E-state index contributed by atoms with van der Waals surface area (Å²) in [7, 11) is 0. The maximum atomic E-state index is 12.6. The molecule has 1 amide bonds. The van der Waals surface area contributed by atoms with Crippen LogP contribution in [0.15, 0.2) is 24.5 Å². The fourth-order valence-electron chi connectivity index (χ4n) is 3.66. The number of anilines is 1. The first-order valence-electron chi connectivity index (χ1n) is 9.35. The second-order valence-electron chi connectivity index (χ2n) is 7.20. The lowest BCUT2D eigenvalue weighted by Crippen LogP contribution is -2.45. The molecule has 1 aromatic carbocycles. The Morgan fingerprint density at radius 1 is 1.40 bits per heavy atom.